The normalized spacial score (nSPS) is 49.3. The zero-order valence-corrected chi connectivity index (χ0v) is 5.23. The zero-order chi connectivity index (χ0) is 5.44. The Bertz CT molecular complexity index is 62.6. The lowest BCUT2D eigenvalue weighted by Gasteiger charge is -1.86. The molecule has 1 fully saturated rings. The summed E-state index contributed by atoms with van der Waals surface area (Å²) in [6.07, 6.45) is 0. The first-order chi connectivity index (χ1) is 3.27. The second kappa shape index (κ2) is 1.48. The van der Waals surface area contributed by atoms with Crippen molar-refractivity contribution in [1.82, 2.24) is 5.32 Å². The van der Waals surface area contributed by atoms with Crippen molar-refractivity contribution in [3.63, 3.8) is 0 Å². The summed E-state index contributed by atoms with van der Waals surface area (Å²) in [5, 5.41) is 3.24. The highest BCUT2D eigenvalue weighted by Crippen LogP contribution is 2.36. The molecule has 0 aliphatic heterocycles. The van der Waals surface area contributed by atoms with E-state index < -0.39 is 0 Å². The van der Waals surface area contributed by atoms with Crippen LogP contribution >= 0.6 is 0 Å². The third-order valence-corrected chi connectivity index (χ3v) is 2.15. The lowest BCUT2D eigenvalue weighted by molar-refractivity contribution is 0.735. The van der Waals surface area contributed by atoms with E-state index in [1.165, 1.54) is 0 Å². The molecule has 0 heterocycles. The van der Waals surface area contributed by atoms with Crippen molar-refractivity contribution < 1.29 is 0 Å². The number of hydrogen-bond acceptors (Lipinski definition) is 1. The van der Waals surface area contributed by atoms with Gasteiger partial charge in [-0.15, -0.1) is 0 Å². The van der Waals surface area contributed by atoms with Crippen LogP contribution in [0, 0.1) is 11.8 Å². The Morgan fingerprint density at radius 3 is 1.57 bits per heavy atom. The van der Waals surface area contributed by atoms with E-state index in [1.54, 1.807) is 0 Å². The summed E-state index contributed by atoms with van der Waals surface area (Å²) in [5.41, 5.74) is 0. The molecule has 0 spiro atoms. The van der Waals surface area contributed by atoms with Gasteiger partial charge in [-0.2, -0.15) is 0 Å². The molecule has 0 bridgehead atoms. The van der Waals surface area contributed by atoms with Crippen molar-refractivity contribution in [2.24, 2.45) is 11.8 Å². The predicted molar refractivity (Wildman–Crippen MR) is 31.2 cm³/mol. The average molecular weight is 99.2 g/mol. The molecule has 1 nitrogen and oxygen atoms in total. The first-order valence-corrected chi connectivity index (χ1v) is 2.94. The molecule has 0 aromatic carbocycles. The van der Waals surface area contributed by atoms with Gasteiger partial charge in [0, 0.05) is 6.04 Å². The molecule has 1 aliphatic carbocycles. The topological polar surface area (TPSA) is 12.0 Å². The first kappa shape index (κ1) is 5.10. The van der Waals surface area contributed by atoms with Gasteiger partial charge in [0.1, 0.15) is 0 Å². The first-order valence-electron chi connectivity index (χ1n) is 2.94. The largest absolute Gasteiger partial charge is 0.316 e. The standard InChI is InChI=1S/C6H13N/c1-4-5(2)6(4)7-3/h4-7H,1-3H3. The maximum atomic E-state index is 3.24. The fraction of sp³-hybridized carbons (Fsp3) is 1.00. The van der Waals surface area contributed by atoms with E-state index in [2.05, 4.69) is 19.2 Å². The molecule has 0 aromatic heterocycles. The van der Waals surface area contributed by atoms with Crippen LogP contribution in [0.2, 0.25) is 0 Å². The minimum absolute atomic E-state index is 0.819. The smallest absolute Gasteiger partial charge is 0.0122 e. The molecular formula is C6H13N. The number of hydrogen-bond donors (Lipinski definition) is 1. The highest BCUT2D eigenvalue weighted by Gasteiger charge is 2.41. The van der Waals surface area contributed by atoms with Crippen LogP contribution in [0.1, 0.15) is 13.8 Å². The van der Waals surface area contributed by atoms with Gasteiger partial charge < -0.3 is 5.32 Å². The van der Waals surface area contributed by atoms with Gasteiger partial charge in [0.25, 0.3) is 0 Å². The van der Waals surface area contributed by atoms with Crippen LogP contribution in [0.5, 0.6) is 0 Å². The van der Waals surface area contributed by atoms with Gasteiger partial charge in [0.15, 0.2) is 0 Å². The molecule has 42 valence electrons. The lowest BCUT2D eigenvalue weighted by Crippen LogP contribution is -2.10. The van der Waals surface area contributed by atoms with Crippen molar-refractivity contribution >= 4 is 0 Å². The second-order valence-corrected chi connectivity index (χ2v) is 2.53. The van der Waals surface area contributed by atoms with Crippen LogP contribution in [0.3, 0.4) is 0 Å². The molecule has 7 heavy (non-hydrogen) atoms. The number of rotatable bonds is 1. The van der Waals surface area contributed by atoms with E-state index in [4.69, 9.17) is 0 Å². The molecule has 1 rings (SSSR count). The van der Waals surface area contributed by atoms with Gasteiger partial charge >= 0.3 is 0 Å². The van der Waals surface area contributed by atoms with E-state index >= 15 is 0 Å². The third kappa shape index (κ3) is 0.653. The van der Waals surface area contributed by atoms with E-state index in [0.29, 0.717) is 0 Å². The predicted octanol–water partition coefficient (Wildman–Crippen LogP) is 0.860. The molecule has 0 saturated heterocycles. The molecular weight excluding hydrogens is 86.1 g/mol. The van der Waals surface area contributed by atoms with Crippen LogP contribution in [0.25, 0.3) is 0 Å². The fourth-order valence-electron chi connectivity index (χ4n) is 1.19. The summed E-state index contributed by atoms with van der Waals surface area (Å²) in [5.74, 6) is 1.84. The maximum Gasteiger partial charge on any atom is 0.0122 e. The molecule has 1 saturated carbocycles. The molecule has 2 unspecified atom stereocenters. The van der Waals surface area contributed by atoms with Crippen molar-refractivity contribution in [3.8, 4) is 0 Å². The van der Waals surface area contributed by atoms with Crippen LogP contribution < -0.4 is 5.32 Å². The molecule has 1 aliphatic rings. The van der Waals surface area contributed by atoms with E-state index in [-0.39, 0.29) is 0 Å². The van der Waals surface area contributed by atoms with Crippen LogP contribution in [0.15, 0.2) is 0 Å². The third-order valence-electron chi connectivity index (χ3n) is 2.15. The van der Waals surface area contributed by atoms with Gasteiger partial charge in [-0.05, 0) is 18.9 Å². The second-order valence-electron chi connectivity index (χ2n) is 2.53. The highest BCUT2D eigenvalue weighted by molar-refractivity contribution is 4.96. The van der Waals surface area contributed by atoms with Crippen LogP contribution in [-0.2, 0) is 0 Å². The molecule has 0 radical (unpaired) electrons. The van der Waals surface area contributed by atoms with Crippen LogP contribution in [0.4, 0.5) is 0 Å². The SMILES string of the molecule is CNC1C(C)C1C. The van der Waals surface area contributed by atoms with Gasteiger partial charge in [-0.3, -0.25) is 0 Å². The Labute approximate surface area is 45.1 Å². The minimum atomic E-state index is 0.819. The molecule has 1 N–H and O–H groups in total. The van der Waals surface area contributed by atoms with E-state index in [9.17, 15) is 0 Å². The minimum Gasteiger partial charge on any atom is -0.316 e. The Kier molecular flexibility index (Phi) is 1.08. The highest BCUT2D eigenvalue weighted by atomic mass is 14.9. The summed E-state index contributed by atoms with van der Waals surface area (Å²) in [7, 11) is 2.03. The molecule has 0 aromatic rings. The van der Waals surface area contributed by atoms with E-state index in [1.807, 2.05) is 7.05 Å². The van der Waals surface area contributed by atoms with Crippen molar-refractivity contribution in [1.29, 1.82) is 0 Å². The zero-order valence-electron chi connectivity index (χ0n) is 5.23. The Hall–Kier alpha value is -0.0400. The maximum absolute atomic E-state index is 3.24. The van der Waals surface area contributed by atoms with Gasteiger partial charge in [0.05, 0.1) is 0 Å². The quantitative estimate of drug-likeness (QED) is 0.514. The molecule has 1 heteroatoms. The van der Waals surface area contributed by atoms with Gasteiger partial charge in [-0.25, -0.2) is 0 Å². The molecule has 2 atom stereocenters. The van der Waals surface area contributed by atoms with E-state index in [0.717, 1.165) is 17.9 Å². The van der Waals surface area contributed by atoms with Crippen LogP contribution in [-0.4, -0.2) is 13.1 Å². The van der Waals surface area contributed by atoms with Gasteiger partial charge in [-0.1, -0.05) is 13.8 Å². The number of nitrogens with one attached hydrogen (secondary N) is 1. The van der Waals surface area contributed by atoms with Crippen molar-refractivity contribution in [3.05, 3.63) is 0 Å². The summed E-state index contributed by atoms with van der Waals surface area (Å²) in [6, 6.07) is 0.819. The monoisotopic (exact) mass is 99.1 g/mol. The summed E-state index contributed by atoms with van der Waals surface area (Å²) < 4.78 is 0. The van der Waals surface area contributed by atoms with Gasteiger partial charge in [0.2, 0.25) is 0 Å². The molecule has 0 amide bonds. The van der Waals surface area contributed by atoms with Crippen molar-refractivity contribution in [2.75, 3.05) is 7.05 Å². The summed E-state index contributed by atoms with van der Waals surface area (Å²) in [4.78, 5) is 0. The summed E-state index contributed by atoms with van der Waals surface area (Å²) >= 11 is 0. The fourth-order valence-corrected chi connectivity index (χ4v) is 1.19. The Balaban J connectivity index is 2.24. The average Bonchev–Trinajstić information content (AvgIpc) is 2.17. The lowest BCUT2D eigenvalue weighted by atomic mass is 10.4. The Morgan fingerprint density at radius 2 is 1.57 bits per heavy atom. The Morgan fingerprint density at radius 1 is 1.14 bits per heavy atom. The van der Waals surface area contributed by atoms with Crippen molar-refractivity contribution in [2.45, 2.75) is 19.9 Å². The summed E-state index contributed by atoms with van der Waals surface area (Å²) in [6.45, 7) is 4.57.